The Morgan fingerprint density at radius 1 is 0.757 bits per heavy atom. The first kappa shape index (κ1) is 23.7. The number of benzene rings is 2. The molecule has 2 fully saturated rings. The van der Waals surface area contributed by atoms with Crippen molar-refractivity contribution in [3.05, 3.63) is 85.3 Å². The minimum Gasteiger partial charge on any atom is -0.370 e. The average Bonchev–Trinajstić information content (AvgIpc) is 3.50. The molecule has 0 spiro atoms. The van der Waals surface area contributed by atoms with Crippen LogP contribution in [0, 0.1) is 0 Å². The first-order chi connectivity index (χ1) is 18.3. The van der Waals surface area contributed by atoms with Crippen LogP contribution >= 0.6 is 0 Å². The van der Waals surface area contributed by atoms with Gasteiger partial charge >= 0.3 is 0 Å². The van der Waals surface area contributed by atoms with Gasteiger partial charge in [-0.15, -0.1) is 0 Å². The third-order valence-electron chi connectivity index (χ3n) is 7.66. The number of rotatable bonds is 7. The van der Waals surface area contributed by atoms with Crippen LogP contribution in [0.2, 0.25) is 0 Å². The molecule has 2 aliphatic rings. The SMILES string of the molecule is c1ccc(-c2ccnc(N[C@@H]3CCCC[C@H]3N[C@H]3CCCN(c4ccc(-n5cccn5)cc4)C3)n2)cc1. The van der Waals surface area contributed by atoms with Gasteiger partial charge in [-0.2, -0.15) is 5.10 Å². The van der Waals surface area contributed by atoms with Crippen LogP contribution in [-0.4, -0.2) is 51.0 Å². The number of aromatic nitrogens is 4. The Bertz CT molecular complexity index is 1260. The summed E-state index contributed by atoms with van der Waals surface area (Å²) in [5, 5.41) is 12.1. The van der Waals surface area contributed by atoms with Crippen LogP contribution in [0.4, 0.5) is 11.6 Å². The van der Waals surface area contributed by atoms with Crippen molar-refractivity contribution in [1.82, 2.24) is 25.1 Å². The molecule has 1 saturated carbocycles. The zero-order valence-electron chi connectivity index (χ0n) is 21.2. The lowest BCUT2D eigenvalue weighted by atomic mass is 9.89. The first-order valence-corrected chi connectivity index (χ1v) is 13.6. The Labute approximate surface area is 219 Å². The van der Waals surface area contributed by atoms with Gasteiger partial charge in [-0.1, -0.05) is 43.2 Å². The highest BCUT2D eigenvalue weighted by molar-refractivity contribution is 5.59. The summed E-state index contributed by atoms with van der Waals surface area (Å²) in [6.45, 7) is 2.14. The molecule has 3 atom stereocenters. The lowest BCUT2D eigenvalue weighted by Crippen LogP contribution is -2.55. The molecule has 0 radical (unpaired) electrons. The van der Waals surface area contributed by atoms with Gasteiger partial charge in [-0.3, -0.25) is 0 Å². The Hall–Kier alpha value is -3.71. The van der Waals surface area contributed by atoms with E-state index in [1.807, 2.05) is 53.6 Å². The third-order valence-corrected chi connectivity index (χ3v) is 7.66. The van der Waals surface area contributed by atoms with Gasteiger partial charge in [0.15, 0.2) is 0 Å². The van der Waals surface area contributed by atoms with E-state index in [0.29, 0.717) is 18.1 Å². The van der Waals surface area contributed by atoms with Crippen LogP contribution < -0.4 is 15.5 Å². The van der Waals surface area contributed by atoms with Crippen molar-refractivity contribution in [2.45, 2.75) is 56.7 Å². The molecule has 6 rings (SSSR count). The molecule has 190 valence electrons. The predicted octanol–water partition coefficient (Wildman–Crippen LogP) is 5.31. The van der Waals surface area contributed by atoms with E-state index >= 15 is 0 Å². The van der Waals surface area contributed by atoms with Crippen molar-refractivity contribution in [3.8, 4) is 16.9 Å². The zero-order valence-corrected chi connectivity index (χ0v) is 21.2. The Morgan fingerprint density at radius 2 is 1.57 bits per heavy atom. The Kier molecular flexibility index (Phi) is 7.12. The molecule has 7 nitrogen and oxygen atoms in total. The highest BCUT2D eigenvalue weighted by atomic mass is 15.3. The Morgan fingerprint density at radius 3 is 2.38 bits per heavy atom. The summed E-state index contributed by atoms with van der Waals surface area (Å²) in [5.41, 5.74) is 4.45. The van der Waals surface area contributed by atoms with Gasteiger partial charge in [-0.25, -0.2) is 14.6 Å². The molecule has 4 aromatic rings. The van der Waals surface area contributed by atoms with Crippen LogP contribution in [-0.2, 0) is 0 Å². The van der Waals surface area contributed by atoms with Crippen molar-refractivity contribution >= 4 is 11.6 Å². The summed E-state index contributed by atoms with van der Waals surface area (Å²) < 4.78 is 1.90. The van der Waals surface area contributed by atoms with Crippen LogP contribution in [0.1, 0.15) is 38.5 Å². The van der Waals surface area contributed by atoms with Gasteiger partial charge in [0.25, 0.3) is 0 Å². The van der Waals surface area contributed by atoms with Crippen molar-refractivity contribution in [1.29, 1.82) is 0 Å². The number of piperidine rings is 1. The minimum atomic E-state index is 0.337. The van der Waals surface area contributed by atoms with E-state index in [1.165, 1.54) is 37.8 Å². The zero-order chi connectivity index (χ0) is 24.9. The van der Waals surface area contributed by atoms with E-state index in [-0.39, 0.29) is 0 Å². The molecule has 0 amide bonds. The first-order valence-electron chi connectivity index (χ1n) is 13.6. The van der Waals surface area contributed by atoms with Gasteiger partial charge < -0.3 is 15.5 Å². The van der Waals surface area contributed by atoms with Gasteiger partial charge in [-0.05, 0) is 62.1 Å². The third kappa shape index (κ3) is 5.67. The lowest BCUT2D eigenvalue weighted by molar-refractivity contribution is 0.293. The monoisotopic (exact) mass is 493 g/mol. The summed E-state index contributed by atoms with van der Waals surface area (Å²) in [6, 6.07) is 24.2. The summed E-state index contributed by atoms with van der Waals surface area (Å²) in [6.07, 6.45) is 12.9. The largest absolute Gasteiger partial charge is 0.370 e. The summed E-state index contributed by atoms with van der Waals surface area (Å²) >= 11 is 0. The van der Waals surface area contributed by atoms with E-state index in [9.17, 15) is 0 Å². The van der Waals surface area contributed by atoms with E-state index < -0.39 is 0 Å². The van der Waals surface area contributed by atoms with E-state index in [0.717, 1.165) is 42.4 Å². The number of nitrogens with zero attached hydrogens (tertiary/aromatic N) is 5. The molecule has 7 heteroatoms. The maximum absolute atomic E-state index is 4.83. The molecule has 37 heavy (non-hydrogen) atoms. The summed E-state index contributed by atoms with van der Waals surface area (Å²) in [7, 11) is 0. The van der Waals surface area contributed by atoms with E-state index in [4.69, 9.17) is 4.98 Å². The van der Waals surface area contributed by atoms with E-state index in [1.54, 1.807) is 0 Å². The molecule has 2 aromatic carbocycles. The molecule has 2 N–H and O–H groups in total. The fourth-order valence-corrected chi connectivity index (χ4v) is 5.76. The quantitative estimate of drug-likeness (QED) is 0.364. The normalized spacial score (nSPS) is 22.1. The van der Waals surface area contributed by atoms with Crippen LogP contribution in [0.5, 0.6) is 0 Å². The molecule has 0 bridgehead atoms. The number of hydrogen-bond acceptors (Lipinski definition) is 6. The van der Waals surface area contributed by atoms with Crippen molar-refractivity contribution in [2.24, 2.45) is 0 Å². The number of hydrogen-bond donors (Lipinski definition) is 2. The van der Waals surface area contributed by atoms with Gasteiger partial charge in [0, 0.05) is 61.1 Å². The minimum absolute atomic E-state index is 0.337. The molecular formula is C30H35N7. The van der Waals surface area contributed by atoms with E-state index in [2.05, 4.69) is 62.0 Å². The van der Waals surface area contributed by atoms with Gasteiger partial charge in [0.2, 0.25) is 5.95 Å². The molecule has 1 aliphatic carbocycles. The summed E-state index contributed by atoms with van der Waals surface area (Å²) in [4.78, 5) is 11.9. The molecule has 3 heterocycles. The van der Waals surface area contributed by atoms with Crippen molar-refractivity contribution in [3.63, 3.8) is 0 Å². The van der Waals surface area contributed by atoms with Crippen molar-refractivity contribution in [2.75, 3.05) is 23.3 Å². The summed E-state index contributed by atoms with van der Waals surface area (Å²) in [5.74, 6) is 0.725. The van der Waals surface area contributed by atoms with Crippen LogP contribution in [0.15, 0.2) is 85.3 Å². The van der Waals surface area contributed by atoms with Gasteiger partial charge in [0.05, 0.1) is 11.4 Å². The molecule has 2 aromatic heterocycles. The second-order valence-electron chi connectivity index (χ2n) is 10.2. The fourth-order valence-electron chi connectivity index (χ4n) is 5.76. The maximum Gasteiger partial charge on any atom is 0.223 e. The fraction of sp³-hybridized carbons (Fsp3) is 0.367. The predicted molar refractivity (Wildman–Crippen MR) is 149 cm³/mol. The highest BCUT2D eigenvalue weighted by Gasteiger charge is 2.29. The maximum atomic E-state index is 4.83. The smallest absolute Gasteiger partial charge is 0.223 e. The van der Waals surface area contributed by atoms with Crippen LogP contribution in [0.25, 0.3) is 16.9 Å². The number of anilines is 2. The number of nitrogens with one attached hydrogen (secondary N) is 2. The van der Waals surface area contributed by atoms with Gasteiger partial charge in [0.1, 0.15) is 0 Å². The molecule has 1 aliphatic heterocycles. The second kappa shape index (κ2) is 11.1. The lowest BCUT2D eigenvalue weighted by Gasteiger charge is -2.40. The average molecular weight is 494 g/mol. The Balaban J connectivity index is 1.10. The standard InChI is InChI=1S/C30H35N7/c1-2-8-23(9-3-1)27-17-19-31-30(34-27)35-29-12-5-4-11-28(29)33-24-10-6-20-36(22-24)25-13-15-26(16-14-25)37-21-7-18-32-37/h1-3,7-9,13-19,21,24,28-29,33H,4-6,10-12,20,22H2,(H,31,34,35)/t24-,28+,29+/m0/s1. The topological polar surface area (TPSA) is 70.9 Å². The molecule has 1 saturated heterocycles. The van der Waals surface area contributed by atoms with Crippen molar-refractivity contribution < 1.29 is 0 Å². The van der Waals surface area contributed by atoms with Crippen LogP contribution in [0.3, 0.4) is 0 Å². The highest BCUT2D eigenvalue weighted by Crippen LogP contribution is 2.26. The molecular weight excluding hydrogens is 458 g/mol. The molecule has 0 unspecified atom stereocenters. The second-order valence-corrected chi connectivity index (χ2v) is 10.2.